The summed E-state index contributed by atoms with van der Waals surface area (Å²) in [5.41, 5.74) is 2.56. The predicted octanol–water partition coefficient (Wildman–Crippen LogP) is 3.39. The lowest BCUT2D eigenvalue weighted by molar-refractivity contribution is 0.184. The van der Waals surface area contributed by atoms with Gasteiger partial charge in [-0.25, -0.2) is 8.42 Å². The molecule has 0 amide bonds. The van der Waals surface area contributed by atoms with E-state index in [9.17, 15) is 8.42 Å². The van der Waals surface area contributed by atoms with Crippen LogP contribution in [-0.2, 0) is 28.7 Å². The maximum Gasteiger partial charge on any atom is 0.244 e. The van der Waals surface area contributed by atoms with Crippen LogP contribution in [-0.4, -0.2) is 35.7 Å². The third-order valence-corrected chi connectivity index (χ3v) is 8.03. The predicted molar refractivity (Wildman–Crippen MR) is 111 cm³/mol. The Kier molecular flexibility index (Phi) is 4.50. The number of likely N-dealkylation sites (tertiary alicyclic amines) is 1. The summed E-state index contributed by atoms with van der Waals surface area (Å²) in [4.78, 5) is 6.99. The molecule has 1 saturated heterocycles. The molecule has 2 aliphatic rings. The Hall–Kier alpha value is -2.54. The van der Waals surface area contributed by atoms with Crippen LogP contribution < -0.4 is 0 Å². The van der Waals surface area contributed by atoms with Crippen LogP contribution in [0.3, 0.4) is 0 Å². The van der Waals surface area contributed by atoms with E-state index in [4.69, 9.17) is 0 Å². The van der Waals surface area contributed by atoms with Crippen LogP contribution in [0.4, 0.5) is 0 Å². The molecule has 148 valence electrons. The van der Waals surface area contributed by atoms with Crippen molar-refractivity contribution in [1.82, 2.24) is 14.2 Å². The van der Waals surface area contributed by atoms with Gasteiger partial charge < -0.3 is 0 Å². The Bertz CT molecular complexity index is 1120. The molecule has 1 atom stereocenters. The van der Waals surface area contributed by atoms with E-state index in [1.54, 1.807) is 22.8 Å². The minimum atomic E-state index is -3.55. The second-order valence-electron chi connectivity index (χ2n) is 7.85. The second kappa shape index (κ2) is 7.06. The number of pyridine rings is 1. The Balaban J connectivity index is 1.53. The van der Waals surface area contributed by atoms with Gasteiger partial charge >= 0.3 is 0 Å². The van der Waals surface area contributed by atoms with E-state index in [-0.39, 0.29) is 0 Å². The highest BCUT2D eigenvalue weighted by atomic mass is 32.2. The van der Waals surface area contributed by atoms with Gasteiger partial charge in [0.1, 0.15) is 0 Å². The Morgan fingerprint density at radius 3 is 2.45 bits per heavy atom. The molecule has 5 rings (SSSR count). The zero-order chi connectivity index (χ0) is 19.9. The van der Waals surface area contributed by atoms with Crippen LogP contribution in [0.2, 0.25) is 0 Å². The molecule has 6 heteroatoms. The van der Waals surface area contributed by atoms with E-state index in [2.05, 4.69) is 22.0 Å². The van der Waals surface area contributed by atoms with Crippen molar-refractivity contribution >= 4 is 10.0 Å². The van der Waals surface area contributed by atoms with Gasteiger partial charge in [-0.05, 0) is 35.2 Å². The second-order valence-corrected chi connectivity index (χ2v) is 9.68. The fourth-order valence-electron chi connectivity index (χ4n) is 4.72. The van der Waals surface area contributed by atoms with Crippen LogP contribution in [0.1, 0.15) is 23.1 Å². The molecule has 0 saturated carbocycles. The highest BCUT2D eigenvalue weighted by molar-refractivity contribution is 7.89. The summed E-state index contributed by atoms with van der Waals surface area (Å²) in [6.07, 6.45) is 4.25. The quantitative estimate of drug-likeness (QED) is 0.668. The standard InChI is InChI=1S/C23H23N3O2S/c27-29(28)22-11-5-4-10-21(22)23(26(29)17-20-9-6-13-24-15-20)12-14-25(18-23)16-19-7-2-1-3-8-19/h1-11,13,15H,12,14,16-18H2. The first-order valence-electron chi connectivity index (χ1n) is 9.87. The Labute approximate surface area is 171 Å². The van der Waals surface area contributed by atoms with Gasteiger partial charge in [-0.3, -0.25) is 9.88 Å². The largest absolute Gasteiger partial charge is 0.297 e. The number of aromatic nitrogens is 1. The molecule has 0 N–H and O–H groups in total. The first-order chi connectivity index (χ1) is 14.1. The van der Waals surface area contributed by atoms with Crippen molar-refractivity contribution in [1.29, 1.82) is 0 Å². The zero-order valence-corrected chi connectivity index (χ0v) is 16.9. The van der Waals surface area contributed by atoms with Crippen molar-refractivity contribution in [2.45, 2.75) is 29.9 Å². The van der Waals surface area contributed by atoms with Gasteiger partial charge in [0.2, 0.25) is 10.0 Å². The molecule has 1 unspecified atom stereocenters. The topological polar surface area (TPSA) is 53.5 Å². The number of sulfonamides is 1. The zero-order valence-electron chi connectivity index (χ0n) is 16.1. The minimum absolute atomic E-state index is 0.337. The van der Waals surface area contributed by atoms with Gasteiger partial charge in [0.05, 0.1) is 10.4 Å². The van der Waals surface area contributed by atoms with E-state index in [0.29, 0.717) is 18.0 Å². The van der Waals surface area contributed by atoms with Crippen LogP contribution in [0.25, 0.3) is 0 Å². The first-order valence-corrected chi connectivity index (χ1v) is 11.3. The van der Waals surface area contributed by atoms with Crippen LogP contribution >= 0.6 is 0 Å². The van der Waals surface area contributed by atoms with Crippen molar-refractivity contribution in [3.8, 4) is 0 Å². The number of nitrogens with zero attached hydrogens (tertiary/aromatic N) is 3. The summed E-state index contributed by atoms with van der Waals surface area (Å²) in [6.45, 7) is 2.72. The lowest BCUT2D eigenvalue weighted by atomic mass is 9.88. The maximum absolute atomic E-state index is 13.5. The van der Waals surface area contributed by atoms with Gasteiger partial charge in [0, 0.05) is 38.6 Å². The van der Waals surface area contributed by atoms with Gasteiger partial charge in [-0.1, -0.05) is 54.6 Å². The van der Waals surface area contributed by atoms with E-state index < -0.39 is 15.6 Å². The van der Waals surface area contributed by atoms with Gasteiger partial charge in [0.25, 0.3) is 0 Å². The summed E-state index contributed by atoms with van der Waals surface area (Å²) in [7, 11) is -3.55. The molecule has 5 nitrogen and oxygen atoms in total. The number of rotatable bonds is 4. The molecule has 3 aromatic rings. The first kappa shape index (κ1) is 18.5. The normalized spacial score (nSPS) is 23.4. The van der Waals surface area contributed by atoms with Crippen LogP contribution in [0.15, 0.2) is 84.0 Å². The van der Waals surface area contributed by atoms with E-state index >= 15 is 0 Å². The fourth-order valence-corrected chi connectivity index (χ4v) is 6.77. The summed E-state index contributed by atoms with van der Waals surface area (Å²) in [5, 5.41) is 0. The van der Waals surface area contributed by atoms with E-state index in [1.807, 2.05) is 48.5 Å². The van der Waals surface area contributed by atoms with Crippen LogP contribution in [0, 0.1) is 0 Å². The molecule has 1 spiro atoms. The fraction of sp³-hybridized carbons (Fsp3) is 0.261. The van der Waals surface area contributed by atoms with Gasteiger partial charge in [0.15, 0.2) is 0 Å². The summed E-state index contributed by atoms with van der Waals surface area (Å²) in [5.74, 6) is 0. The third-order valence-electron chi connectivity index (χ3n) is 6.06. The highest BCUT2D eigenvalue weighted by Crippen LogP contribution is 2.50. The number of fused-ring (bicyclic) bond motifs is 2. The van der Waals surface area contributed by atoms with Crippen molar-refractivity contribution in [3.05, 3.63) is 95.8 Å². The molecule has 29 heavy (non-hydrogen) atoms. The lowest BCUT2D eigenvalue weighted by Gasteiger charge is -2.34. The van der Waals surface area contributed by atoms with Crippen molar-refractivity contribution in [3.63, 3.8) is 0 Å². The average molecular weight is 406 g/mol. The van der Waals surface area contributed by atoms with Crippen molar-refractivity contribution in [2.24, 2.45) is 0 Å². The molecule has 0 bridgehead atoms. The average Bonchev–Trinajstić information content (AvgIpc) is 3.24. The van der Waals surface area contributed by atoms with Crippen molar-refractivity contribution < 1.29 is 8.42 Å². The summed E-state index contributed by atoms with van der Waals surface area (Å²) >= 11 is 0. The Morgan fingerprint density at radius 1 is 0.897 bits per heavy atom. The molecular weight excluding hydrogens is 382 g/mol. The highest BCUT2D eigenvalue weighted by Gasteiger charge is 2.56. The maximum atomic E-state index is 13.5. The SMILES string of the molecule is O=S1(=O)c2ccccc2C2(CCN(Cc3ccccc3)C2)N1Cc1cccnc1. The minimum Gasteiger partial charge on any atom is -0.297 e. The molecule has 1 fully saturated rings. The molecule has 1 aromatic heterocycles. The smallest absolute Gasteiger partial charge is 0.244 e. The van der Waals surface area contributed by atoms with Gasteiger partial charge in [-0.2, -0.15) is 4.31 Å². The monoisotopic (exact) mass is 405 g/mol. The van der Waals surface area contributed by atoms with Crippen LogP contribution in [0.5, 0.6) is 0 Å². The van der Waals surface area contributed by atoms with Gasteiger partial charge in [-0.15, -0.1) is 0 Å². The summed E-state index contributed by atoms with van der Waals surface area (Å²) < 4.78 is 28.7. The molecule has 0 aliphatic carbocycles. The number of hydrogen-bond acceptors (Lipinski definition) is 4. The third kappa shape index (κ3) is 3.08. The Morgan fingerprint density at radius 2 is 1.66 bits per heavy atom. The molecule has 0 radical (unpaired) electrons. The molecule has 3 heterocycles. The van der Waals surface area contributed by atoms with Crippen molar-refractivity contribution in [2.75, 3.05) is 13.1 Å². The lowest BCUT2D eigenvalue weighted by Crippen LogP contribution is -2.45. The molecule has 2 aromatic carbocycles. The van der Waals surface area contributed by atoms with E-state index in [1.165, 1.54) is 5.56 Å². The molecule has 2 aliphatic heterocycles. The summed E-state index contributed by atoms with van der Waals surface area (Å²) in [6, 6.07) is 21.6. The number of benzene rings is 2. The van der Waals surface area contributed by atoms with E-state index in [0.717, 1.165) is 30.6 Å². The molecular formula is C23H23N3O2S. The number of hydrogen-bond donors (Lipinski definition) is 0.